The summed E-state index contributed by atoms with van der Waals surface area (Å²) in [6.45, 7) is 12.5. The predicted molar refractivity (Wildman–Crippen MR) is 138 cm³/mol. The molecule has 1 atom stereocenters. The predicted octanol–water partition coefficient (Wildman–Crippen LogP) is 5.42. The number of aromatic nitrogens is 2. The van der Waals surface area contributed by atoms with E-state index in [4.69, 9.17) is 16.3 Å². The fourth-order valence-corrected chi connectivity index (χ4v) is 8.03. The highest BCUT2D eigenvalue weighted by atomic mass is 35.5. The molecule has 1 aromatic heterocycles. The van der Waals surface area contributed by atoms with Crippen molar-refractivity contribution in [1.82, 2.24) is 19.2 Å². The molecule has 2 amide bonds. The molecule has 1 saturated carbocycles. The maximum Gasteiger partial charge on any atom is 0.402 e. The normalized spacial score (nSPS) is 26.4. The van der Waals surface area contributed by atoms with Crippen molar-refractivity contribution in [2.45, 2.75) is 69.8 Å². The summed E-state index contributed by atoms with van der Waals surface area (Å²) in [7, 11) is -0.121. The molecule has 0 N–H and O–H groups in total. The molecule has 1 aliphatic carbocycles. The molecular formula is C26H35ClN4O3Si. The second-order valence-electron chi connectivity index (χ2n) is 12.0. The number of ether oxygens (including phenoxy) is 1. The van der Waals surface area contributed by atoms with Gasteiger partial charge in [-0.15, -0.1) is 0 Å². The standard InChI is InChI=1S/C26H35ClN4O3Si/c1-25(2,3)35(5,6)31-16-26(34-24(31)33)12-17(13-26)15-30-21(11-22-20(27)14-28-29(22)4)18-9-7-8-10-19(18)23(30)32/h7-10,14,17,21H,11-13,15-16H2,1-6H3. The van der Waals surface area contributed by atoms with Gasteiger partial charge in [0.05, 0.1) is 29.5 Å². The van der Waals surface area contributed by atoms with Crippen molar-refractivity contribution in [1.29, 1.82) is 0 Å². The van der Waals surface area contributed by atoms with E-state index in [9.17, 15) is 9.59 Å². The largest absolute Gasteiger partial charge is 0.441 e. The van der Waals surface area contributed by atoms with Gasteiger partial charge in [0.15, 0.2) is 8.24 Å². The number of carbonyl (C=O) groups is 2. The van der Waals surface area contributed by atoms with Gasteiger partial charge in [0.1, 0.15) is 5.60 Å². The zero-order valence-corrected chi connectivity index (χ0v) is 23.2. The summed E-state index contributed by atoms with van der Waals surface area (Å²) in [5.74, 6) is 0.362. The molecule has 2 aromatic rings. The Kier molecular flexibility index (Phi) is 5.64. The Morgan fingerprint density at radius 1 is 1.20 bits per heavy atom. The monoisotopic (exact) mass is 514 g/mol. The molecule has 0 radical (unpaired) electrons. The van der Waals surface area contributed by atoms with Crippen molar-refractivity contribution in [3.8, 4) is 0 Å². The third-order valence-corrected chi connectivity index (χ3v) is 14.5. The molecule has 188 valence electrons. The van der Waals surface area contributed by atoms with E-state index in [1.807, 2.05) is 40.8 Å². The average molecular weight is 515 g/mol. The summed E-state index contributed by atoms with van der Waals surface area (Å²) in [5.41, 5.74) is 2.32. The number of benzene rings is 1. The number of hydrogen-bond acceptors (Lipinski definition) is 4. The van der Waals surface area contributed by atoms with Crippen LogP contribution in [0.15, 0.2) is 30.5 Å². The Bertz CT molecular complexity index is 1160. The molecule has 5 rings (SSSR count). The second kappa shape index (κ2) is 8.10. The van der Waals surface area contributed by atoms with Gasteiger partial charge in [-0.3, -0.25) is 9.48 Å². The molecular weight excluding hydrogens is 480 g/mol. The van der Waals surface area contributed by atoms with Crippen LogP contribution in [-0.2, 0) is 18.2 Å². The van der Waals surface area contributed by atoms with Gasteiger partial charge in [-0.05, 0) is 35.4 Å². The van der Waals surface area contributed by atoms with Crippen LogP contribution in [0.2, 0.25) is 23.2 Å². The summed E-state index contributed by atoms with van der Waals surface area (Å²) in [6.07, 6.45) is 3.70. The van der Waals surface area contributed by atoms with E-state index in [0.717, 1.165) is 29.7 Å². The molecule has 7 nitrogen and oxygen atoms in total. The Hall–Kier alpha value is -2.32. The first kappa shape index (κ1) is 24.4. The van der Waals surface area contributed by atoms with Crippen molar-refractivity contribution in [2.75, 3.05) is 13.1 Å². The molecule has 1 saturated heterocycles. The van der Waals surface area contributed by atoms with Gasteiger partial charge in [0, 0.05) is 25.6 Å². The van der Waals surface area contributed by atoms with Crippen LogP contribution in [0, 0.1) is 5.92 Å². The van der Waals surface area contributed by atoms with E-state index in [2.05, 4.69) is 39.0 Å². The van der Waals surface area contributed by atoms with Crippen LogP contribution >= 0.6 is 11.6 Å². The van der Waals surface area contributed by atoms with Gasteiger partial charge in [0.25, 0.3) is 5.91 Å². The number of nitrogens with zero attached hydrogens (tertiary/aromatic N) is 4. The summed E-state index contributed by atoms with van der Waals surface area (Å²) in [6, 6.07) is 7.77. The maximum absolute atomic E-state index is 13.4. The number of amides is 2. The average Bonchev–Trinajstić information content (AvgIpc) is 3.36. The third kappa shape index (κ3) is 3.89. The molecule has 35 heavy (non-hydrogen) atoms. The van der Waals surface area contributed by atoms with E-state index < -0.39 is 13.8 Å². The molecule has 2 aliphatic heterocycles. The van der Waals surface area contributed by atoms with Crippen molar-refractivity contribution >= 4 is 31.8 Å². The lowest BCUT2D eigenvalue weighted by atomic mass is 9.70. The molecule has 1 spiro atoms. The molecule has 3 aliphatic rings. The Morgan fingerprint density at radius 3 is 2.51 bits per heavy atom. The Morgan fingerprint density at radius 2 is 1.89 bits per heavy atom. The number of hydrogen-bond donors (Lipinski definition) is 0. The Balaban J connectivity index is 1.32. The first-order valence-electron chi connectivity index (χ1n) is 12.4. The summed E-state index contributed by atoms with van der Waals surface area (Å²) >= 11 is 6.42. The highest BCUT2D eigenvalue weighted by Crippen LogP contribution is 2.50. The van der Waals surface area contributed by atoms with E-state index >= 15 is 0 Å². The van der Waals surface area contributed by atoms with Crippen LogP contribution < -0.4 is 0 Å². The van der Waals surface area contributed by atoms with E-state index in [0.29, 0.717) is 30.5 Å². The van der Waals surface area contributed by atoms with Gasteiger partial charge in [0.2, 0.25) is 0 Å². The smallest absolute Gasteiger partial charge is 0.402 e. The fraction of sp³-hybridized carbons (Fsp3) is 0.577. The quantitative estimate of drug-likeness (QED) is 0.500. The minimum atomic E-state index is -2.00. The van der Waals surface area contributed by atoms with Crippen molar-refractivity contribution < 1.29 is 14.3 Å². The number of halogens is 1. The van der Waals surface area contributed by atoms with Gasteiger partial charge in [-0.2, -0.15) is 5.10 Å². The van der Waals surface area contributed by atoms with Gasteiger partial charge in [-0.25, -0.2) is 4.79 Å². The topological polar surface area (TPSA) is 67.7 Å². The lowest BCUT2D eigenvalue weighted by Crippen LogP contribution is -2.58. The lowest BCUT2D eigenvalue weighted by molar-refractivity contribution is -0.0559. The number of fused-ring (bicyclic) bond motifs is 1. The molecule has 2 fully saturated rings. The van der Waals surface area contributed by atoms with Crippen LogP contribution in [0.3, 0.4) is 0 Å². The molecule has 3 heterocycles. The third-order valence-electron chi connectivity index (χ3n) is 8.84. The van der Waals surface area contributed by atoms with Gasteiger partial charge >= 0.3 is 6.09 Å². The summed E-state index contributed by atoms with van der Waals surface area (Å²) in [5, 5.41) is 4.96. The lowest BCUT2D eigenvalue weighted by Gasteiger charge is -2.47. The first-order valence-corrected chi connectivity index (χ1v) is 15.7. The van der Waals surface area contributed by atoms with Crippen molar-refractivity contribution in [2.24, 2.45) is 13.0 Å². The summed E-state index contributed by atoms with van der Waals surface area (Å²) < 4.78 is 9.82. The highest BCUT2D eigenvalue weighted by molar-refractivity contribution is 6.79. The number of carbonyl (C=O) groups excluding carboxylic acids is 2. The minimum absolute atomic E-state index is 0.0642. The van der Waals surface area contributed by atoms with Crippen LogP contribution in [0.1, 0.15) is 61.3 Å². The van der Waals surface area contributed by atoms with E-state index in [-0.39, 0.29) is 23.1 Å². The maximum atomic E-state index is 13.4. The summed E-state index contributed by atoms with van der Waals surface area (Å²) in [4.78, 5) is 28.3. The molecule has 1 aromatic carbocycles. The SMILES string of the molecule is Cn1ncc(Cl)c1CC1c2ccccc2C(=O)N1CC1CC2(C1)CN([Si](C)(C)C(C)(C)C)C(=O)O2. The molecule has 1 unspecified atom stereocenters. The van der Waals surface area contributed by atoms with Crippen LogP contribution in [0.4, 0.5) is 4.79 Å². The second-order valence-corrected chi connectivity index (χ2v) is 17.6. The van der Waals surface area contributed by atoms with Crippen molar-refractivity contribution in [3.05, 3.63) is 52.3 Å². The van der Waals surface area contributed by atoms with Crippen LogP contribution in [-0.4, -0.2) is 58.2 Å². The van der Waals surface area contributed by atoms with E-state index in [1.165, 1.54) is 0 Å². The van der Waals surface area contributed by atoms with Crippen LogP contribution in [0.5, 0.6) is 0 Å². The van der Waals surface area contributed by atoms with E-state index in [1.54, 1.807) is 10.9 Å². The minimum Gasteiger partial charge on any atom is -0.441 e. The zero-order chi connectivity index (χ0) is 25.3. The Labute approximate surface area is 213 Å². The van der Waals surface area contributed by atoms with Gasteiger partial charge in [-0.1, -0.05) is 63.7 Å². The number of rotatable bonds is 5. The molecule has 0 bridgehead atoms. The number of aryl methyl sites for hydroxylation is 1. The molecule has 9 heteroatoms. The van der Waals surface area contributed by atoms with Gasteiger partial charge < -0.3 is 14.2 Å². The zero-order valence-electron chi connectivity index (χ0n) is 21.5. The first-order chi connectivity index (χ1) is 16.3. The highest BCUT2D eigenvalue weighted by Gasteiger charge is 2.59. The van der Waals surface area contributed by atoms with Crippen molar-refractivity contribution in [3.63, 3.8) is 0 Å². The fourth-order valence-electron chi connectivity index (χ4n) is 5.79. The van der Waals surface area contributed by atoms with Crippen LogP contribution in [0.25, 0.3) is 0 Å².